The first-order chi connectivity index (χ1) is 54.7. The van der Waals surface area contributed by atoms with E-state index in [-0.39, 0.29) is 25.7 Å². The van der Waals surface area contributed by atoms with Crippen LogP contribution in [0, 0.1) is 0 Å². The maximum Gasteiger partial charge on any atom is 0.472 e. The third-order valence-electron chi connectivity index (χ3n) is 18.3. The fourth-order valence-corrected chi connectivity index (χ4v) is 13.2. The minimum absolute atomic E-state index is 0.0742. The van der Waals surface area contributed by atoms with Crippen LogP contribution in [-0.2, 0) is 65.4 Å². The molecule has 0 aromatic heterocycles. The van der Waals surface area contributed by atoms with Crippen LogP contribution in [-0.4, -0.2) is 96.7 Å². The Balaban J connectivity index is 5.43. The quantitative estimate of drug-likeness (QED) is 0.0169. The second-order valence-electron chi connectivity index (χ2n) is 29.1. The number of hydrogen-bond acceptors (Lipinski definition) is 15. The van der Waals surface area contributed by atoms with Gasteiger partial charge in [0, 0.05) is 25.7 Å². The maximum atomic E-state index is 13.2. The lowest BCUT2D eigenvalue weighted by Crippen LogP contribution is -2.30. The molecule has 112 heavy (non-hydrogen) atoms. The lowest BCUT2D eigenvalue weighted by molar-refractivity contribution is -0.161. The van der Waals surface area contributed by atoms with Crippen molar-refractivity contribution in [2.24, 2.45) is 0 Å². The van der Waals surface area contributed by atoms with Gasteiger partial charge in [0.25, 0.3) is 0 Å². The van der Waals surface area contributed by atoms with E-state index in [4.69, 9.17) is 37.0 Å². The largest absolute Gasteiger partial charge is 0.472 e. The van der Waals surface area contributed by atoms with Crippen LogP contribution < -0.4 is 0 Å². The summed E-state index contributed by atoms with van der Waals surface area (Å²) in [5.74, 6) is -2.21. The van der Waals surface area contributed by atoms with Gasteiger partial charge in [0.05, 0.1) is 26.4 Å². The number of carbonyl (C=O) groups excluding carboxylic acids is 4. The molecule has 0 bridgehead atoms. The van der Waals surface area contributed by atoms with Gasteiger partial charge in [0.15, 0.2) is 12.2 Å². The first-order valence-electron chi connectivity index (χ1n) is 44.1. The van der Waals surface area contributed by atoms with Crippen LogP contribution in [0.4, 0.5) is 0 Å². The number of esters is 4. The van der Waals surface area contributed by atoms with Crippen LogP contribution in [0.25, 0.3) is 0 Å². The molecule has 0 spiro atoms. The van der Waals surface area contributed by atoms with Gasteiger partial charge >= 0.3 is 39.5 Å². The molecule has 0 aliphatic heterocycles. The van der Waals surface area contributed by atoms with Gasteiger partial charge in [-0.05, 0) is 167 Å². The molecular formula is C93H158O17P2. The first kappa shape index (κ1) is 107. The Kier molecular flexibility index (Phi) is 80.1. The molecule has 0 rings (SSSR count). The Morgan fingerprint density at radius 3 is 0.714 bits per heavy atom. The molecule has 642 valence electrons. The normalized spacial score (nSPS) is 14.5. The van der Waals surface area contributed by atoms with Crippen molar-refractivity contribution in [2.45, 2.75) is 380 Å². The molecule has 0 saturated heterocycles. The lowest BCUT2D eigenvalue weighted by Gasteiger charge is -2.21. The fourth-order valence-electron chi connectivity index (χ4n) is 11.6. The van der Waals surface area contributed by atoms with Crippen LogP contribution >= 0.6 is 15.6 Å². The molecule has 0 radical (unpaired) electrons. The highest BCUT2D eigenvalue weighted by atomic mass is 31.2. The van der Waals surface area contributed by atoms with Gasteiger partial charge in [0.1, 0.15) is 19.3 Å². The molecule has 3 N–H and O–H groups in total. The van der Waals surface area contributed by atoms with Crippen molar-refractivity contribution in [3.63, 3.8) is 0 Å². The highest BCUT2D eigenvalue weighted by Crippen LogP contribution is 2.45. The number of hydrogen-bond donors (Lipinski definition) is 3. The molecule has 5 unspecified atom stereocenters. The number of allylic oxidation sites excluding steroid dienone is 24. The minimum atomic E-state index is -5.00. The topological polar surface area (TPSA) is 237 Å². The highest BCUT2D eigenvalue weighted by Gasteiger charge is 2.30. The Labute approximate surface area is 681 Å². The summed E-state index contributed by atoms with van der Waals surface area (Å²) in [6, 6.07) is 0. The monoisotopic (exact) mass is 1610 g/mol. The van der Waals surface area contributed by atoms with Crippen LogP contribution in [0.5, 0.6) is 0 Å². The predicted molar refractivity (Wildman–Crippen MR) is 464 cm³/mol. The number of aliphatic hydroxyl groups excluding tert-OH is 1. The maximum absolute atomic E-state index is 13.2. The molecule has 0 fully saturated rings. The van der Waals surface area contributed by atoms with Gasteiger partial charge in [-0.25, -0.2) is 9.13 Å². The van der Waals surface area contributed by atoms with Gasteiger partial charge < -0.3 is 33.8 Å². The standard InChI is InChI=1S/C93H158O17P2/c1-5-9-13-17-21-25-29-33-37-41-43-47-50-54-58-62-66-70-74-78-91(96)104-84-89(110-93(98)80-76-72-68-64-60-56-52-48-44-42-38-34-30-26-22-18-14-10-6-2)86-108-112(101,102)106-82-87(94)81-105-111(99,100)107-85-88(109-92(97)79-75-71-67-63-59-55-51-46-40-36-32-28-24-20-16-12-8-4)83-103-90(95)77-73-69-65-61-57-53-49-45-39-35-31-27-23-19-15-11-7-3/h11-12,15-16,21-28,33-40,43-44,47-48,87-89,94H,5-10,13-14,17-20,29-32,41-42,45-46,49-86H2,1-4H3,(H,99,100)(H,101,102)/b15-11-,16-12-,25-21-,26-22-,27-23-,28-24-,37-33-,38-34-,39-35-,40-36-,47-43-,48-44-. The molecule has 0 amide bonds. The van der Waals surface area contributed by atoms with Gasteiger partial charge in [-0.15, -0.1) is 0 Å². The zero-order chi connectivity index (χ0) is 81.7. The Hall–Kier alpha value is -5.06. The summed E-state index contributed by atoms with van der Waals surface area (Å²) in [4.78, 5) is 73.4. The average Bonchev–Trinajstić information content (AvgIpc) is 0.898. The Bertz CT molecular complexity index is 2690. The zero-order valence-electron chi connectivity index (χ0n) is 70.6. The third-order valence-corrected chi connectivity index (χ3v) is 20.2. The number of aliphatic hydroxyl groups is 1. The van der Waals surface area contributed by atoms with Crippen LogP contribution in [0.15, 0.2) is 146 Å². The zero-order valence-corrected chi connectivity index (χ0v) is 72.3. The number of carbonyl (C=O) groups is 4. The van der Waals surface area contributed by atoms with Gasteiger partial charge in [0.2, 0.25) is 0 Å². The summed E-state index contributed by atoms with van der Waals surface area (Å²) in [5, 5.41) is 10.7. The van der Waals surface area contributed by atoms with E-state index in [2.05, 4.69) is 174 Å². The summed E-state index contributed by atoms with van der Waals surface area (Å²) >= 11 is 0. The molecule has 19 heteroatoms. The van der Waals surface area contributed by atoms with Crippen molar-refractivity contribution in [3.8, 4) is 0 Å². The smallest absolute Gasteiger partial charge is 0.462 e. The molecule has 0 aliphatic carbocycles. The Morgan fingerprint density at radius 2 is 0.464 bits per heavy atom. The SMILES string of the molecule is CC/C=C\C/C=C\C/C=C\CCCCCCCCCC(=O)OCC(COP(=O)(O)OCC(O)COP(=O)(O)OCC(COC(=O)CCCCCCCC/C=C\C/C=C\C/C=C\CCCCC)OC(=O)CCCCCCCC/C=C\C/C=C\C/C=C\CCCCC)OC(=O)CCCCCCCCC/C=C\C/C=C\C/C=C\CC. The van der Waals surface area contributed by atoms with E-state index in [1.54, 1.807) is 0 Å². The fraction of sp³-hybridized carbons (Fsp3) is 0.699. The van der Waals surface area contributed by atoms with Crippen molar-refractivity contribution in [3.05, 3.63) is 146 Å². The number of phosphoric acid groups is 2. The molecule has 17 nitrogen and oxygen atoms in total. The summed E-state index contributed by atoms with van der Waals surface area (Å²) in [6.07, 6.45) is 97.9. The van der Waals surface area contributed by atoms with E-state index in [0.717, 1.165) is 244 Å². The van der Waals surface area contributed by atoms with E-state index < -0.39 is 97.5 Å². The van der Waals surface area contributed by atoms with E-state index in [0.29, 0.717) is 25.7 Å². The predicted octanol–water partition coefficient (Wildman–Crippen LogP) is 26.6. The van der Waals surface area contributed by atoms with Crippen molar-refractivity contribution in [1.29, 1.82) is 0 Å². The van der Waals surface area contributed by atoms with Gasteiger partial charge in [-0.1, -0.05) is 315 Å². The first-order valence-corrected chi connectivity index (χ1v) is 47.1. The van der Waals surface area contributed by atoms with Crippen LogP contribution in [0.3, 0.4) is 0 Å². The molecule has 5 atom stereocenters. The van der Waals surface area contributed by atoms with Crippen LogP contribution in [0.1, 0.15) is 362 Å². The molecule has 0 saturated carbocycles. The lowest BCUT2D eigenvalue weighted by atomic mass is 10.1. The summed E-state index contributed by atoms with van der Waals surface area (Å²) in [5.41, 5.74) is 0. The van der Waals surface area contributed by atoms with Gasteiger partial charge in [-0.2, -0.15) is 0 Å². The second kappa shape index (κ2) is 83.9. The number of ether oxygens (including phenoxy) is 4. The summed E-state index contributed by atoms with van der Waals surface area (Å²) in [7, 11) is -9.99. The number of phosphoric ester groups is 2. The third kappa shape index (κ3) is 82.9. The van der Waals surface area contributed by atoms with E-state index in [1.165, 1.54) is 38.5 Å². The van der Waals surface area contributed by atoms with Crippen molar-refractivity contribution >= 4 is 39.5 Å². The van der Waals surface area contributed by atoms with E-state index >= 15 is 0 Å². The number of rotatable bonds is 82. The van der Waals surface area contributed by atoms with Crippen molar-refractivity contribution in [1.82, 2.24) is 0 Å². The molecule has 0 aromatic rings. The minimum Gasteiger partial charge on any atom is -0.462 e. The molecule has 0 aromatic carbocycles. The molecular weight excluding hydrogens is 1450 g/mol. The summed E-state index contributed by atoms with van der Waals surface area (Å²) in [6.45, 7) is 4.60. The average molecular weight is 1610 g/mol. The van der Waals surface area contributed by atoms with Crippen molar-refractivity contribution in [2.75, 3.05) is 39.6 Å². The highest BCUT2D eigenvalue weighted by molar-refractivity contribution is 7.47. The van der Waals surface area contributed by atoms with Gasteiger partial charge in [-0.3, -0.25) is 37.3 Å². The van der Waals surface area contributed by atoms with Crippen LogP contribution in [0.2, 0.25) is 0 Å². The molecule has 0 aliphatic rings. The van der Waals surface area contributed by atoms with E-state index in [9.17, 15) is 43.2 Å². The summed E-state index contributed by atoms with van der Waals surface area (Å²) < 4.78 is 68.9. The van der Waals surface area contributed by atoms with E-state index in [1.807, 2.05) is 0 Å². The molecule has 0 heterocycles. The number of unbranched alkanes of at least 4 members (excludes halogenated alkanes) is 32. The Morgan fingerprint density at radius 1 is 0.259 bits per heavy atom. The second-order valence-corrected chi connectivity index (χ2v) is 32.0. The van der Waals surface area contributed by atoms with Crippen molar-refractivity contribution < 1.29 is 80.2 Å².